The Balaban J connectivity index is 1.56. The van der Waals surface area contributed by atoms with Crippen molar-refractivity contribution in [3.63, 3.8) is 0 Å². The molecular formula is C19H20N4O2. The number of benzene rings is 2. The number of fused-ring (bicyclic) bond motifs is 1. The molecule has 1 aliphatic heterocycles. The van der Waals surface area contributed by atoms with Crippen molar-refractivity contribution in [1.29, 1.82) is 0 Å². The number of morpholine rings is 1. The summed E-state index contributed by atoms with van der Waals surface area (Å²) < 4.78 is 10.7. The van der Waals surface area contributed by atoms with Crippen LogP contribution < -0.4 is 15.0 Å². The Kier molecular flexibility index (Phi) is 4.35. The van der Waals surface area contributed by atoms with Crippen LogP contribution in [0.25, 0.3) is 10.9 Å². The lowest BCUT2D eigenvalue weighted by Gasteiger charge is -2.28. The number of aromatic nitrogens is 2. The molecule has 0 unspecified atom stereocenters. The van der Waals surface area contributed by atoms with Gasteiger partial charge in [0.05, 0.1) is 25.8 Å². The Bertz CT molecular complexity index is 861. The number of nitrogens with zero attached hydrogens (tertiary/aromatic N) is 3. The molecule has 0 amide bonds. The Morgan fingerprint density at radius 3 is 2.60 bits per heavy atom. The minimum atomic E-state index is 0.784. The lowest BCUT2D eigenvalue weighted by molar-refractivity contribution is 0.122. The van der Waals surface area contributed by atoms with Gasteiger partial charge in [-0.05, 0) is 36.4 Å². The molecule has 6 heteroatoms. The van der Waals surface area contributed by atoms with Crippen LogP contribution in [0.4, 0.5) is 17.2 Å². The summed E-state index contributed by atoms with van der Waals surface area (Å²) in [5.41, 5.74) is 3.06. The number of methoxy groups -OCH3 is 1. The highest BCUT2D eigenvalue weighted by molar-refractivity contribution is 5.91. The summed E-state index contributed by atoms with van der Waals surface area (Å²) in [5, 5.41) is 4.34. The Morgan fingerprint density at radius 2 is 1.84 bits per heavy atom. The van der Waals surface area contributed by atoms with Crippen molar-refractivity contribution in [3.05, 3.63) is 48.8 Å². The van der Waals surface area contributed by atoms with E-state index in [2.05, 4.69) is 44.5 Å². The molecule has 6 nitrogen and oxygen atoms in total. The molecule has 128 valence electrons. The van der Waals surface area contributed by atoms with Gasteiger partial charge in [0.1, 0.15) is 17.9 Å². The van der Waals surface area contributed by atoms with E-state index in [1.54, 1.807) is 13.4 Å². The number of hydrogen-bond donors (Lipinski definition) is 1. The van der Waals surface area contributed by atoms with Crippen LogP contribution >= 0.6 is 0 Å². The molecule has 1 fully saturated rings. The van der Waals surface area contributed by atoms with Gasteiger partial charge in [0.25, 0.3) is 0 Å². The van der Waals surface area contributed by atoms with Gasteiger partial charge in [-0.2, -0.15) is 0 Å². The monoisotopic (exact) mass is 336 g/mol. The number of rotatable bonds is 4. The second kappa shape index (κ2) is 6.94. The maximum atomic E-state index is 5.40. The minimum Gasteiger partial charge on any atom is -0.497 e. The molecule has 2 heterocycles. The number of ether oxygens (including phenoxy) is 2. The van der Waals surface area contributed by atoms with Gasteiger partial charge in [-0.25, -0.2) is 9.97 Å². The second-order valence-corrected chi connectivity index (χ2v) is 5.88. The van der Waals surface area contributed by atoms with Crippen LogP contribution in [0, 0.1) is 0 Å². The van der Waals surface area contributed by atoms with E-state index in [1.165, 1.54) is 5.69 Å². The van der Waals surface area contributed by atoms with Crippen LogP contribution in [0.2, 0.25) is 0 Å². The zero-order chi connectivity index (χ0) is 17.1. The Morgan fingerprint density at radius 1 is 1.04 bits per heavy atom. The molecule has 0 saturated carbocycles. The maximum absolute atomic E-state index is 5.40. The van der Waals surface area contributed by atoms with E-state index >= 15 is 0 Å². The summed E-state index contributed by atoms with van der Waals surface area (Å²) in [6.45, 7) is 3.45. The Labute approximate surface area is 146 Å². The molecule has 4 rings (SSSR count). The van der Waals surface area contributed by atoms with E-state index in [-0.39, 0.29) is 0 Å². The van der Waals surface area contributed by atoms with Gasteiger partial charge in [0, 0.05) is 35.9 Å². The Hall–Kier alpha value is -2.86. The van der Waals surface area contributed by atoms with Crippen molar-refractivity contribution in [2.45, 2.75) is 0 Å². The fourth-order valence-corrected chi connectivity index (χ4v) is 2.98. The predicted octanol–water partition coefficient (Wildman–Crippen LogP) is 3.22. The van der Waals surface area contributed by atoms with Gasteiger partial charge >= 0.3 is 0 Å². The standard InChI is InChI=1S/C19H20N4O2/c1-24-16-6-7-17-18(12-16)20-13-21-19(17)22-14-2-4-15(5-3-14)23-8-10-25-11-9-23/h2-7,12-13H,8-11H2,1H3,(H,20,21,22). The predicted molar refractivity (Wildman–Crippen MR) is 98.8 cm³/mol. The minimum absolute atomic E-state index is 0.784. The molecule has 3 aromatic rings. The van der Waals surface area contributed by atoms with Gasteiger partial charge in [-0.15, -0.1) is 0 Å². The van der Waals surface area contributed by atoms with E-state index < -0.39 is 0 Å². The fraction of sp³-hybridized carbons (Fsp3) is 0.263. The molecule has 0 aliphatic carbocycles. The summed E-state index contributed by atoms with van der Waals surface area (Å²) in [6.07, 6.45) is 1.56. The van der Waals surface area contributed by atoms with E-state index in [4.69, 9.17) is 9.47 Å². The molecule has 0 atom stereocenters. The number of hydrogen-bond acceptors (Lipinski definition) is 6. The fourth-order valence-electron chi connectivity index (χ4n) is 2.98. The van der Waals surface area contributed by atoms with Gasteiger partial charge < -0.3 is 19.7 Å². The van der Waals surface area contributed by atoms with Crippen LogP contribution in [0.15, 0.2) is 48.8 Å². The third-order valence-corrected chi connectivity index (χ3v) is 4.35. The summed E-state index contributed by atoms with van der Waals surface area (Å²) in [4.78, 5) is 11.0. The first-order valence-corrected chi connectivity index (χ1v) is 8.32. The van der Waals surface area contributed by atoms with Crippen LogP contribution in [0.5, 0.6) is 5.75 Å². The average molecular weight is 336 g/mol. The van der Waals surface area contributed by atoms with Crippen LogP contribution in [-0.2, 0) is 4.74 Å². The lowest BCUT2D eigenvalue weighted by Crippen LogP contribution is -2.36. The summed E-state index contributed by atoms with van der Waals surface area (Å²) in [7, 11) is 1.65. The van der Waals surface area contributed by atoms with Gasteiger partial charge in [0.2, 0.25) is 0 Å². The zero-order valence-electron chi connectivity index (χ0n) is 14.1. The first-order chi connectivity index (χ1) is 12.3. The van der Waals surface area contributed by atoms with Crippen LogP contribution in [-0.4, -0.2) is 43.4 Å². The van der Waals surface area contributed by atoms with Crippen molar-refractivity contribution >= 4 is 28.1 Å². The normalized spacial score (nSPS) is 14.5. The van der Waals surface area contributed by atoms with Crippen molar-refractivity contribution in [1.82, 2.24) is 9.97 Å². The van der Waals surface area contributed by atoms with Gasteiger partial charge in [-0.3, -0.25) is 0 Å². The quantitative estimate of drug-likeness (QED) is 0.789. The van der Waals surface area contributed by atoms with Crippen molar-refractivity contribution in [3.8, 4) is 5.75 Å². The first-order valence-electron chi connectivity index (χ1n) is 8.32. The van der Waals surface area contributed by atoms with E-state index in [0.29, 0.717) is 0 Å². The summed E-state index contributed by atoms with van der Waals surface area (Å²) in [6, 6.07) is 14.2. The molecule has 1 aliphatic rings. The van der Waals surface area contributed by atoms with E-state index in [9.17, 15) is 0 Å². The lowest BCUT2D eigenvalue weighted by atomic mass is 10.2. The zero-order valence-corrected chi connectivity index (χ0v) is 14.1. The molecule has 0 radical (unpaired) electrons. The highest BCUT2D eigenvalue weighted by Crippen LogP contribution is 2.27. The van der Waals surface area contributed by atoms with E-state index in [0.717, 1.165) is 54.5 Å². The smallest absolute Gasteiger partial charge is 0.141 e. The molecule has 0 spiro atoms. The molecular weight excluding hydrogens is 316 g/mol. The maximum Gasteiger partial charge on any atom is 0.141 e. The largest absolute Gasteiger partial charge is 0.497 e. The SMILES string of the molecule is COc1ccc2c(Nc3ccc(N4CCOCC4)cc3)ncnc2c1. The molecule has 0 bridgehead atoms. The van der Waals surface area contributed by atoms with Crippen LogP contribution in [0.3, 0.4) is 0 Å². The highest BCUT2D eigenvalue weighted by atomic mass is 16.5. The molecule has 25 heavy (non-hydrogen) atoms. The second-order valence-electron chi connectivity index (χ2n) is 5.88. The highest BCUT2D eigenvalue weighted by Gasteiger charge is 2.11. The topological polar surface area (TPSA) is 59.5 Å². The van der Waals surface area contributed by atoms with Gasteiger partial charge in [-0.1, -0.05) is 0 Å². The molecule has 1 aromatic heterocycles. The molecule has 2 aromatic carbocycles. The van der Waals surface area contributed by atoms with Gasteiger partial charge in [0.15, 0.2) is 0 Å². The molecule has 1 N–H and O–H groups in total. The van der Waals surface area contributed by atoms with Crippen molar-refractivity contribution < 1.29 is 9.47 Å². The number of nitrogens with one attached hydrogen (secondary N) is 1. The summed E-state index contributed by atoms with van der Waals surface area (Å²) in [5.74, 6) is 1.57. The average Bonchev–Trinajstić information content (AvgIpc) is 2.69. The third kappa shape index (κ3) is 3.34. The molecule has 1 saturated heterocycles. The summed E-state index contributed by atoms with van der Waals surface area (Å²) >= 11 is 0. The van der Waals surface area contributed by atoms with E-state index in [1.807, 2.05) is 18.2 Å². The van der Waals surface area contributed by atoms with Crippen molar-refractivity contribution in [2.24, 2.45) is 0 Å². The van der Waals surface area contributed by atoms with Crippen LogP contribution in [0.1, 0.15) is 0 Å². The van der Waals surface area contributed by atoms with Crippen molar-refractivity contribution in [2.75, 3.05) is 43.6 Å². The number of anilines is 3. The third-order valence-electron chi connectivity index (χ3n) is 4.35. The first kappa shape index (κ1) is 15.7.